The number of aromatic nitrogens is 4. The summed E-state index contributed by atoms with van der Waals surface area (Å²) in [7, 11) is 0. The number of nitrogens with zero attached hydrogens (tertiary/aromatic N) is 4. The molecule has 1 unspecified atom stereocenters. The SMILES string of the molecule is CCC(C)CN1CCc2nc(CC(=O)c3cccc4[nH]c(NC(=O)c5cc6ccccc6cn5)nc34)sc2C1. The molecule has 198 valence electrons. The van der Waals surface area contributed by atoms with Crippen LogP contribution in [0.4, 0.5) is 5.95 Å². The molecule has 0 saturated carbocycles. The number of hydrogen-bond donors (Lipinski definition) is 2. The fraction of sp³-hybridized carbons (Fsp3) is 0.300. The van der Waals surface area contributed by atoms with Crippen LogP contribution in [0.1, 0.15) is 56.7 Å². The van der Waals surface area contributed by atoms with E-state index >= 15 is 0 Å². The average molecular weight is 539 g/mol. The lowest BCUT2D eigenvalue weighted by molar-refractivity contribution is 0.0992. The first-order chi connectivity index (χ1) is 19.0. The van der Waals surface area contributed by atoms with E-state index in [1.807, 2.05) is 36.4 Å². The zero-order valence-corrected chi connectivity index (χ0v) is 22.8. The van der Waals surface area contributed by atoms with Gasteiger partial charge in [-0.1, -0.05) is 50.6 Å². The highest BCUT2D eigenvalue weighted by molar-refractivity contribution is 7.11. The van der Waals surface area contributed by atoms with Gasteiger partial charge in [0, 0.05) is 48.1 Å². The summed E-state index contributed by atoms with van der Waals surface area (Å²) >= 11 is 1.65. The van der Waals surface area contributed by atoms with E-state index in [9.17, 15) is 9.59 Å². The number of amides is 1. The molecule has 0 radical (unpaired) electrons. The Hall–Kier alpha value is -3.95. The number of carbonyl (C=O) groups is 2. The number of imidazole rings is 1. The molecule has 1 aliphatic heterocycles. The third-order valence-electron chi connectivity index (χ3n) is 7.34. The van der Waals surface area contributed by atoms with Gasteiger partial charge in [-0.3, -0.25) is 24.8 Å². The summed E-state index contributed by atoms with van der Waals surface area (Å²) in [5.74, 6) is 0.539. The second-order valence-corrected chi connectivity index (χ2v) is 11.4. The number of benzene rings is 2. The lowest BCUT2D eigenvalue weighted by Crippen LogP contribution is -2.33. The molecule has 0 aliphatic carbocycles. The number of fused-ring (bicyclic) bond motifs is 3. The zero-order valence-electron chi connectivity index (χ0n) is 22.0. The molecule has 1 amide bonds. The van der Waals surface area contributed by atoms with Crippen LogP contribution in [-0.4, -0.2) is 49.6 Å². The molecule has 8 nitrogen and oxygen atoms in total. The summed E-state index contributed by atoms with van der Waals surface area (Å²) in [5.41, 5.74) is 3.15. The molecular formula is C30H30N6O2S. The van der Waals surface area contributed by atoms with E-state index in [4.69, 9.17) is 4.98 Å². The normalized spacial score (nSPS) is 14.4. The third kappa shape index (κ3) is 5.32. The minimum Gasteiger partial charge on any atom is -0.324 e. The smallest absolute Gasteiger partial charge is 0.276 e. The van der Waals surface area contributed by atoms with E-state index < -0.39 is 0 Å². The topological polar surface area (TPSA) is 104 Å². The van der Waals surface area contributed by atoms with Crippen LogP contribution in [0.2, 0.25) is 0 Å². The van der Waals surface area contributed by atoms with Gasteiger partial charge in [-0.25, -0.2) is 9.97 Å². The van der Waals surface area contributed by atoms with Crippen LogP contribution < -0.4 is 5.32 Å². The zero-order chi connectivity index (χ0) is 26.9. The first-order valence-electron chi connectivity index (χ1n) is 13.3. The van der Waals surface area contributed by atoms with Gasteiger partial charge < -0.3 is 4.98 Å². The lowest BCUT2D eigenvalue weighted by atomic mass is 10.1. The number of nitrogens with one attached hydrogen (secondary N) is 2. The Bertz CT molecular complexity index is 1690. The van der Waals surface area contributed by atoms with Gasteiger partial charge in [-0.05, 0) is 29.5 Å². The number of aromatic amines is 1. The van der Waals surface area contributed by atoms with Gasteiger partial charge >= 0.3 is 0 Å². The third-order valence-corrected chi connectivity index (χ3v) is 8.42. The van der Waals surface area contributed by atoms with Gasteiger partial charge in [0.15, 0.2) is 5.78 Å². The van der Waals surface area contributed by atoms with Crippen molar-refractivity contribution in [1.29, 1.82) is 0 Å². The van der Waals surface area contributed by atoms with Crippen molar-refractivity contribution in [3.8, 4) is 0 Å². The fourth-order valence-electron chi connectivity index (χ4n) is 5.03. The predicted molar refractivity (Wildman–Crippen MR) is 154 cm³/mol. The Balaban J connectivity index is 1.17. The highest BCUT2D eigenvalue weighted by atomic mass is 32.1. The molecule has 2 aromatic carbocycles. The van der Waals surface area contributed by atoms with E-state index in [0.717, 1.165) is 47.5 Å². The fourth-order valence-corrected chi connectivity index (χ4v) is 6.19. The van der Waals surface area contributed by atoms with E-state index in [1.54, 1.807) is 29.7 Å². The summed E-state index contributed by atoms with van der Waals surface area (Å²) in [4.78, 5) is 46.8. The van der Waals surface area contributed by atoms with E-state index in [0.29, 0.717) is 28.2 Å². The maximum absolute atomic E-state index is 13.4. The first kappa shape index (κ1) is 25.3. The minimum atomic E-state index is -0.372. The number of anilines is 1. The molecule has 0 bridgehead atoms. The van der Waals surface area contributed by atoms with Crippen molar-refractivity contribution in [1.82, 2.24) is 24.8 Å². The van der Waals surface area contributed by atoms with Gasteiger partial charge in [-0.2, -0.15) is 0 Å². The molecule has 9 heteroatoms. The molecule has 39 heavy (non-hydrogen) atoms. The quantitative estimate of drug-likeness (QED) is 0.248. The lowest BCUT2D eigenvalue weighted by Gasteiger charge is -2.28. The number of pyridine rings is 1. The Kier molecular flexibility index (Phi) is 6.93. The van der Waals surface area contributed by atoms with Crippen molar-refractivity contribution in [3.63, 3.8) is 0 Å². The van der Waals surface area contributed by atoms with Gasteiger partial charge in [0.1, 0.15) is 16.2 Å². The van der Waals surface area contributed by atoms with Crippen molar-refractivity contribution < 1.29 is 9.59 Å². The second-order valence-electron chi connectivity index (χ2n) is 10.2. The van der Waals surface area contributed by atoms with Crippen LogP contribution >= 0.6 is 11.3 Å². The van der Waals surface area contributed by atoms with Crippen LogP contribution in [-0.2, 0) is 19.4 Å². The molecule has 3 aromatic heterocycles. The molecule has 1 aliphatic rings. The monoisotopic (exact) mass is 538 g/mol. The van der Waals surface area contributed by atoms with Gasteiger partial charge in [0.25, 0.3) is 5.91 Å². The highest BCUT2D eigenvalue weighted by Gasteiger charge is 2.23. The number of H-pyrrole nitrogens is 1. The number of carbonyl (C=O) groups excluding carboxylic acids is 2. The highest BCUT2D eigenvalue weighted by Crippen LogP contribution is 2.28. The summed E-state index contributed by atoms with van der Waals surface area (Å²) in [6, 6.07) is 14.9. The second kappa shape index (κ2) is 10.7. The summed E-state index contributed by atoms with van der Waals surface area (Å²) < 4.78 is 0. The summed E-state index contributed by atoms with van der Waals surface area (Å²) in [6.07, 6.45) is 4.02. The van der Waals surface area contributed by atoms with E-state index in [1.165, 1.54) is 11.3 Å². The molecule has 1 atom stereocenters. The van der Waals surface area contributed by atoms with Crippen molar-refractivity contribution >= 4 is 50.8 Å². The molecule has 0 saturated heterocycles. The van der Waals surface area contributed by atoms with Gasteiger partial charge in [0.05, 0.1) is 17.6 Å². The van der Waals surface area contributed by atoms with Crippen LogP contribution in [0.5, 0.6) is 0 Å². The van der Waals surface area contributed by atoms with Crippen LogP contribution in [0, 0.1) is 5.92 Å². The molecule has 6 rings (SSSR count). The number of hydrogen-bond acceptors (Lipinski definition) is 7. The number of thiazole rings is 1. The molecule has 5 aromatic rings. The van der Waals surface area contributed by atoms with E-state index in [-0.39, 0.29) is 24.1 Å². The number of ketones is 1. The Morgan fingerprint density at radius 3 is 2.82 bits per heavy atom. The van der Waals surface area contributed by atoms with Crippen molar-refractivity contribution in [2.45, 2.75) is 39.7 Å². The van der Waals surface area contributed by atoms with Gasteiger partial charge in [0.2, 0.25) is 5.95 Å². The average Bonchev–Trinajstić information content (AvgIpc) is 3.55. The standard InChI is InChI=1S/C30H30N6O2S/c1-3-18(2)16-36-12-11-22-26(17-36)39-27(32-22)14-25(37)21-9-6-10-23-28(21)34-30(33-23)35-29(38)24-13-19-7-4-5-8-20(19)15-31-24/h4-10,13,15,18H,3,11-12,14,16-17H2,1-2H3,(H2,33,34,35,38). The number of Topliss-reactive ketones (excluding diaryl/α,β-unsaturated/α-hetero) is 1. The van der Waals surface area contributed by atoms with Crippen LogP contribution in [0.3, 0.4) is 0 Å². The Labute approximate surface area is 230 Å². The molecular weight excluding hydrogens is 508 g/mol. The molecule has 0 fully saturated rings. The minimum absolute atomic E-state index is 0.0382. The Morgan fingerprint density at radius 1 is 1.13 bits per heavy atom. The largest absolute Gasteiger partial charge is 0.324 e. The van der Waals surface area contributed by atoms with Crippen molar-refractivity contribution in [3.05, 3.63) is 81.6 Å². The maximum Gasteiger partial charge on any atom is 0.276 e. The molecule has 0 spiro atoms. The summed E-state index contributed by atoms with van der Waals surface area (Å²) in [6.45, 7) is 7.55. The molecule has 2 N–H and O–H groups in total. The van der Waals surface area contributed by atoms with Gasteiger partial charge in [-0.15, -0.1) is 11.3 Å². The first-order valence-corrected chi connectivity index (χ1v) is 14.2. The Morgan fingerprint density at radius 2 is 1.97 bits per heavy atom. The predicted octanol–water partition coefficient (Wildman–Crippen LogP) is 5.65. The van der Waals surface area contributed by atoms with Crippen molar-refractivity contribution in [2.24, 2.45) is 5.92 Å². The maximum atomic E-state index is 13.4. The van der Waals surface area contributed by atoms with Crippen LogP contribution in [0.25, 0.3) is 21.8 Å². The number of rotatable bonds is 8. The van der Waals surface area contributed by atoms with Crippen molar-refractivity contribution in [2.75, 3.05) is 18.4 Å². The van der Waals surface area contributed by atoms with E-state index in [2.05, 4.69) is 39.0 Å². The summed E-state index contributed by atoms with van der Waals surface area (Å²) in [5, 5.41) is 5.53. The van der Waals surface area contributed by atoms with Crippen LogP contribution in [0.15, 0.2) is 54.7 Å². The molecule has 4 heterocycles. The number of para-hydroxylation sites is 1.